The highest BCUT2D eigenvalue weighted by atomic mass is 32.2. The first kappa shape index (κ1) is 17.7. The van der Waals surface area contributed by atoms with Crippen molar-refractivity contribution in [3.63, 3.8) is 0 Å². The van der Waals surface area contributed by atoms with E-state index < -0.39 is 9.84 Å². The van der Waals surface area contributed by atoms with Crippen LogP contribution in [0.2, 0.25) is 0 Å². The van der Waals surface area contributed by atoms with E-state index in [4.69, 9.17) is 10.5 Å². The van der Waals surface area contributed by atoms with E-state index in [2.05, 4.69) is 5.32 Å². The Morgan fingerprint density at radius 2 is 2.00 bits per heavy atom. The van der Waals surface area contributed by atoms with E-state index in [0.29, 0.717) is 18.9 Å². The van der Waals surface area contributed by atoms with Crippen molar-refractivity contribution in [1.29, 1.82) is 0 Å². The fraction of sp³-hybridized carbons (Fsp3) is 0.562. The van der Waals surface area contributed by atoms with E-state index in [0.717, 1.165) is 31.9 Å². The van der Waals surface area contributed by atoms with E-state index >= 15 is 0 Å². The minimum Gasteiger partial charge on any atom is -0.492 e. The van der Waals surface area contributed by atoms with Crippen LogP contribution in [0.1, 0.15) is 25.7 Å². The summed E-state index contributed by atoms with van der Waals surface area (Å²) in [6.07, 6.45) is 4.81. The van der Waals surface area contributed by atoms with Crippen LogP contribution in [0.25, 0.3) is 0 Å². The average Bonchev–Trinajstić information content (AvgIpc) is 2.51. The van der Waals surface area contributed by atoms with E-state index in [9.17, 15) is 13.2 Å². The van der Waals surface area contributed by atoms with Gasteiger partial charge in [0.15, 0.2) is 9.84 Å². The molecule has 0 radical (unpaired) electrons. The molecule has 2 rings (SSSR count). The van der Waals surface area contributed by atoms with Gasteiger partial charge in [0.1, 0.15) is 12.4 Å². The van der Waals surface area contributed by atoms with Gasteiger partial charge in [-0.25, -0.2) is 8.42 Å². The second kappa shape index (κ2) is 7.79. The van der Waals surface area contributed by atoms with Crippen LogP contribution in [0.5, 0.6) is 5.75 Å². The largest absolute Gasteiger partial charge is 0.492 e. The predicted molar refractivity (Wildman–Crippen MR) is 88.0 cm³/mol. The minimum absolute atomic E-state index is 0.00722. The summed E-state index contributed by atoms with van der Waals surface area (Å²) in [6, 6.07) is 6.36. The van der Waals surface area contributed by atoms with Gasteiger partial charge in [0.05, 0.1) is 11.4 Å². The lowest BCUT2D eigenvalue weighted by atomic mass is 9.85. The molecule has 1 amide bonds. The normalized spacial score (nSPS) is 21.7. The summed E-state index contributed by atoms with van der Waals surface area (Å²) in [5, 5.41) is 2.86. The molecule has 7 heteroatoms. The summed E-state index contributed by atoms with van der Waals surface area (Å²) < 4.78 is 28.2. The molecule has 3 N–H and O–H groups in total. The number of carbonyl (C=O) groups excluding carboxylic acids is 1. The predicted octanol–water partition coefficient (Wildman–Crippen LogP) is 1.10. The zero-order chi connectivity index (χ0) is 16.9. The molecular formula is C16H24N2O4S. The molecule has 0 heterocycles. The van der Waals surface area contributed by atoms with Gasteiger partial charge >= 0.3 is 0 Å². The summed E-state index contributed by atoms with van der Waals surface area (Å²) in [5.74, 6) is 0.621. The molecule has 0 saturated heterocycles. The van der Waals surface area contributed by atoms with Gasteiger partial charge in [-0.2, -0.15) is 0 Å². The number of nitrogens with two attached hydrogens (primary N) is 1. The van der Waals surface area contributed by atoms with Gasteiger partial charge in [0, 0.05) is 18.2 Å². The highest BCUT2D eigenvalue weighted by molar-refractivity contribution is 7.90. The van der Waals surface area contributed by atoms with Crippen LogP contribution in [0.4, 0.5) is 0 Å². The van der Waals surface area contributed by atoms with Gasteiger partial charge < -0.3 is 15.8 Å². The molecule has 23 heavy (non-hydrogen) atoms. The molecule has 1 saturated carbocycles. The standard InChI is InChI=1S/C16H24N2O4S/c1-23(20,21)15-7-5-14(6-8-15)22-10-9-18-16(19)12-3-2-4-13(17)11-12/h5-8,12-13H,2-4,9-11,17H2,1H3,(H,18,19). The molecular weight excluding hydrogens is 316 g/mol. The van der Waals surface area contributed by atoms with Crippen LogP contribution >= 0.6 is 0 Å². The SMILES string of the molecule is CS(=O)(=O)c1ccc(OCCNC(=O)C2CCCC(N)C2)cc1. The van der Waals surface area contributed by atoms with Gasteiger partial charge in [-0.15, -0.1) is 0 Å². The zero-order valence-electron chi connectivity index (χ0n) is 13.3. The van der Waals surface area contributed by atoms with Crippen molar-refractivity contribution >= 4 is 15.7 Å². The fourth-order valence-electron chi connectivity index (χ4n) is 2.74. The second-order valence-electron chi connectivity index (χ2n) is 6.01. The highest BCUT2D eigenvalue weighted by Gasteiger charge is 2.24. The van der Waals surface area contributed by atoms with Crippen molar-refractivity contribution in [3.05, 3.63) is 24.3 Å². The first-order valence-electron chi connectivity index (χ1n) is 7.82. The summed E-state index contributed by atoms with van der Waals surface area (Å²) in [5.41, 5.74) is 5.89. The number of ether oxygens (including phenoxy) is 1. The Hall–Kier alpha value is -1.60. The van der Waals surface area contributed by atoms with E-state index in [1.807, 2.05) is 0 Å². The van der Waals surface area contributed by atoms with Crippen molar-refractivity contribution in [3.8, 4) is 5.75 Å². The topological polar surface area (TPSA) is 98.5 Å². The molecule has 1 aliphatic carbocycles. The maximum atomic E-state index is 12.0. The maximum absolute atomic E-state index is 12.0. The van der Waals surface area contributed by atoms with Crippen LogP contribution in [-0.2, 0) is 14.6 Å². The lowest BCUT2D eigenvalue weighted by Gasteiger charge is -2.25. The van der Waals surface area contributed by atoms with Crippen LogP contribution in [0.15, 0.2) is 29.2 Å². The second-order valence-corrected chi connectivity index (χ2v) is 8.02. The molecule has 128 valence electrons. The lowest BCUT2D eigenvalue weighted by molar-refractivity contribution is -0.126. The maximum Gasteiger partial charge on any atom is 0.223 e. The fourth-order valence-corrected chi connectivity index (χ4v) is 3.37. The number of rotatable bonds is 6. The van der Waals surface area contributed by atoms with Crippen LogP contribution in [-0.4, -0.2) is 39.8 Å². The number of amides is 1. The summed E-state index contributed by atoms with van der Waals surface area (Å²) in [4.78, 5) is 12.3. The first-order valence-corrected chi connectivity index (χ1v) is 9.71. The Balaban J connectivity index is 1.72. The third-order valence-electron chi connectivity index (χ3n) is 4.01. The number of hydrogen-bond acceptors (Lipinski definition) is 5. The molecule has 1 aliphatic rings. The van der Waals surface area contributed by atoms with E-state index in [1.54, 1.807) is 12.1 Å². The summed E-state index contributed by atoms with van der Waals surface area (Å²) in [6.45, 7) is 0.751. The molecule has 6 nitrogen and oxygen atoms in total. The molecule has 0 bridgehead atoms. The monoisotopic (exact) mass is 340 g/mol. The Kier molecular flexibility index (Phi) is 6.01. The highest BCUT2D eigenvalue weighted by Crippen LogP contribution is 2.23. The van der Waals surface area contributed by atoms with Gasteiger partial charge in [-0.1, -0.05) is 6.42 Å². The van der Waals surface area contributed by atoms with E-state index in [1.165, 1.54) is 12.1 Å². The zero-order valence-corrected chi connectivity index (χ0v) is 14.1. The van der Waals surface area contributed by atoms with Crippen molar-refractivity contribution in [1.82, 2.24) is 5.32 Å². The van der Waals surface area contributed by atoms with Crippen molar-refractivity contribution in [2.75, 3.05) is 19.4 Å². The third-order valence-corrected chi connectivity index (χ3v) is 5.14. The van der Waals surface area contributed by atoms with Crippen LogP contribution < -0.4 is 15.8 Å². The molecule has 0 aliphatic heterocycles. The quantitative estimate of drug-likeness (QED) is 0.756. The van der Waals surface area contributed by atoms with Crippen molar-refractivity contribution < 1.29 is 17.9 Å². The smallest absolute Gasteiger partial charge is 0.223 e. The summed E-state index contributed by atoms with van der Waals surface area (Å²) in [7, 11) is -3.20. The lowest BCUT2D eigenvalue weighted by Crippen LogP contribution is -2.39. The van der Waals surface area contributed by atoms with E-state index in [-0.39, 0.29) is 22.8 Å². The number of carbonyl (C=O) groups is 1. The Morgan fingerprint density at radius 3 is 2.61 bits per heavy atom. The summed E-state index contributed by atoms with van der Waals surface area (Å²) >= 11 is 0. The third kappa shape index (κ3) is 5.51. The minimum atomic E-state index is -3.20. The Labute approximate surface area is 137 Å². The number of benzene rings is 1. The molecule has 1 aromatic carbocycles. The molecule has 1 aromatic rings. The van der Waals surface area contributed by atoms with Crippen molar-refractivity contribution in [2.24, 2.45) is 11.7 Å². The van der Waals surface area contributed by atoms with Gasteiger partial charge in [-0.3, -0.25) is 4.79 Å². The van der Waals surface area contributed by atoms with Gasteiger partial charge in [0.2, 0.25) is 5.91 Å². The van der Waals surface area contributed by atoms with Crippen LogP contribution in [0.3, 0.4) is 0 Å². The molecule has 1 fully saturated rings. The first-order chi connectivity index (χ1) is 10.9. The average molecular weight is 340 g/mol. The molecule has 2 atom stereocenters. The number of nitrogens with one attached hydrogen (secondary N) is 1. The van der Waals surface area contributed by atoms with Gasteiger partial charge in [0.25, 0.3) is 0 Å². The van der Waals surface area contributed by atoms with Crippen LogP contribution in [0, 0.1) is 5.92 Å². The number of hydrogen-bond donors (Lipinski definition) is 2. The van der Waals surface area contributed by atoms with Crippen molar-refractivity contribution in [2.45, 2.75) is 36.6 Å². The molecule has 0 spiro atoms. The van der Waals surface area contributed by atoms with Gasteiger partial charge in [-0.05, 0) is 43.5 Å². The Bertz CT molecular complexity index is 628. The Morgan fingerprint density at radius 1 is 1.30 bits per heavy atom. The number of sulfone groups is 1. The molecule has 0 aromatic heterocycles. The molecule has 2 unspecified atom stereocenters.